The van der Waals surface area contributed by atoms with Gasteiger partial charge >= 0.3 is 0 Å². The van der Waals surface area contributed by atoms with Crippen LogP contribution in [0.15, 0.2) is 53.1 Å². The van der Waals surface area contributed by atoms with Gasteiger partial charge in [-0.3, -0.25) is 0 Å². The number of nitriles is 3. The maximum Gasteiger partial charge on any atom is 0.0964 e. The van der Waals surface area contributed by atoms with Crippen molar-refractivity contribution >= 4 is 11.3 Å². The highest BCUT2D eigenvalue weighted by molar-refractivity contribution is 5.80. The molecule has 0 aliphatic heterocycles. The molecule has 4 heteroatoms. The van der Waals surface area contributed by atoms with Crippen LogP contribution in [0, 0.1) is 45.8 Å². The van der Waals surface area contributed by atoms with Crippen molar-refractivity contribution in [2.45, 2.75) is 25.7 Å². The summed E-state index contributed by atoms with van der Waals surface area (Å²) in [4.78, 5) is 0. The van der Waals surface area contributed by atoms with Crippen LogP contribution < -0.4 is 5.73 Å². The van der Waals surface area contributed by atoms with E-state index in [2.05, 4.69) is 24.3 Å². The number of rotatable bonds is 2. The second-order valence-electron chi connectivity index (χ2n) is 6.40. The molecule has 3 rings (SSSR count). The third kappa shape index (κ3) is 3.06. The van der Waals surface area contributed by atoms with Crippen molar-refractivity contribution in [3.8, 4) is 18.2 Å². The van der Waals surface area contributed by atoms with Crippen LogP contribution in [0.4, 0.5) is 5.69 Å². The molecule has 0 bridgehead atoms. The third-order valence-corrected chi connectivity index (χ3v) is 4.95. The van der Waals surface area contributed by atoms with E-state index in [1.807, 2.05) is 30.3 Å². The van der Waals surface area contributed by atoms with Gasteiger partial charge in [-0.25, -0.2) is 0 Å². The fraction of sp³-hybridized carbons (Fsp3) is 0.286. The van der Waals surface area contributed by atoms with E-state index in [4.69, 9.17) is 5.73 Å². The van der Waals surface area contributed by atoms with Gasteiger partial charge in [-0.2, -0.15) is 15.8 Å². The Kier molecular flexibility index (Phi) is 4.69. The summed E-state index contributed by atoms with van der Waals surface area (Å²) in [5.74, 6) is -0.460. The Labute approximate surface area is 147 Å². The van der Waals surface area contributed by atoms with Crippen LogP contribution in [0.25, 0.3) is 5.57 Å². The van der Waals surface area contributed by atoms with Gasteiger partial charge < -0.3 is 5.73 Å². The Morgan fingerprint density at radius 1 is 1.08 bits per heavy atom. The van der Waals surface area contributed by atoms with Crippen molar-refractivity contribution in [3.05, 3.63) is 58.7 Å². The summed E-state index contributed by atoms with van der Waals surface area (Å²) in [5, 5.41) is 28.5. The van der Waals surface area contributed by atoms with Gasteiger partial charge in [-0.15, -0.1) is 0 Å². The molecule has 0 aromatic heterocycles. The summed E-state index contributed by atoms with van der Waals surface area (Å²) in [6.45, 7) is 0. The van der Waals surface area contributed by atoms with Crippen molar-refractivity contribution in [3.63, 3.8) is 0 Å². The largest absolute Gasteiger partial charge is 0.398 e. The first-order valence-corrected chi connectivity index (χ1v) is 8.36. The van der Waals surface area contributed by atoms with Crippen LogP contribution in [0.2, 0.25) is 0 Å². The zero-order valence-corrected chi connectivity index (χ0v) is 13.9. The van der Waals surface area contributed by atoms with Crippen LogP contribution in [-0.2, 0) is 0 Å². The van der Waals surface area contributed by atoms with Gasteiger partial charge in [-0.05, 0) is 42.9 Å². The molecular weight excluding hydrogens is 308 g/mol. The first-order valence-electron chi connectivity index (χ1n) is 8.36. The molecule has 0 spiro atoms. The molecule has 0 saturated carbocycles. The number of benzene rings is 1. The Balaban J connectivity index is 2.19. The number of hydrogen-bond donors (Lipinski definition) is 1. The van der Waals surface area contributed by atoms with Crippen LogP contribution in [0.5, 0.6) is 0 Å². The molecule has 0 amide bonds. The van der Waals surface area contributed by atoms with E-state index in [9.17, 15) is 15.8 Å². The molecule has 122 valence electrons. The molecule has 1 aromatic carbocycles. The van der Waals surface area contributed by atoms with Crippen LogP contribution in [0.3, 0.4) is 0 Å². The normalized spacial score (nSPS) is 22.9. The molecule has 1 aromatic rings. The zero-order valence-electron chi connectivity index (χ0n) is 13.9. The highest BCUT2D eigenvalue weighted by Gasteiger charge is 2.33. The van der Waals surface area contributed by atoms with Gasteiger partial charge in [-0.1, -0.05) is 30.4 Å². The standard InChI is InChI=1S/C21H18N4/c22-11-14-9-15(12-23)20(13-24)19(10-14)17-6-2-1-5-16(17)18-7-3-4-8-21(18)25/h2-4,6-8,14,19H,1,5,9-10,25H2. The predicted octanol–water partition coefficient (Wildman–Crippen LogP) is 4.27. The highest BCUT2D eigenvalue weighted by Crippen LogP contribution is 2.43. The van der Waals surface area contributed by atoms with E-state index >= 15 is 0 Å². The Hall–Kier alpha value is -3.29. The lowest BCUT2D eigenvalue weighted by atomic mass is 9.71. The average molecular weight is 326 g/mol. The van der Waals surface area contributed by atoms with Crippen molar-refractivity contribution in [2.24, 2.45) is 11.8 Å². The summed E-state index contributed by atoms with van der Waals surface area (Å²) >= 11 is 0. The van der Waals surface area contributed by atoms with Crippen molar-refractivity contribution in [1.29, 1.82) is 15.8 Å². The SMILES string of the molecule is N#CC1=C(C#N)C(C2=C(c3ccccc3N)CCC=C2)CC(C#N)C1. The summed E-state index contributed by atoms with van der Waals surface area (Å²) in [6, 6.07) is 14.4. The lowest BCUT2D eigenvalue weighted by Gasteiger charge is -2.30. The summed E-state index contributed by atoms with van der Waals surface area (Å²) in [5.41, 5.74) is 11.0. The Morgan fingerprint density at radius 2 is 1.88 bits per heavy atom. The number of allylic oxidation sites excluding steroid dienone is 6. The maximum absolute atomic E-state index is 9.65. The van der Waals surface area contributed by atoms with Gasteiger partial charge in [0.15, 0.2) is 0 Å². The smallest absolute Gasteiger partial charge is 0.0964 e. The van der Waals surface area contributed by atoms with Gasteiger partial charge in [0.05, 0.1) is 29.7 Å². The molecule has 0 radical (unpaired) electrons. The van der Waals surface area contributed by atoms with E-state index in [-0.39, 0.29) is 11.8 Å². The lowest BCUT2D eigenvalue weighted by Crippen LogP contribution is -2.21. The minimum atomic E-state index is -0.242. The van der Waals surface area contributed by atoms with Crippen molar-refractivity contribution in [1.82, 2.24) is 0 Å². The van der Waals surface area contributed by atoms with Gasteiger partial charge in [0.1, 0.15) is 0 Å². The number of nitrogen functional groups attached to an aromatic ring is 1. The van der Waals surface area contributed by atoms with Gasteiger partial charge in [0.25, 0.3) is 0 Å². The fourth-order valence-electron chi connectivity index (χ4n) is 3.76. The first kappa shape index (κ1) is 16.6. The van der Waals surface area contributed by atoms with Crippen molar-refractivity contribution < 1.29 is 0 Å². The maximum atomic E-state index is 9.65. The third-order valence-electron chi connectivity index (χ3n) is 4.95. The number of nitrogens with two attached hydrogens (primary N) is 1. The molecule has 2 aliphatic carbocycles. The minimum absolute atomic E-state index is 0.218. The molecule has 0 heterocycles. The molecule has 0 saturated heterocycles. The Morgan fingerprint density at radius 3 is 2.56 bits per heavy atom. The number of para-hydroxylation sites is 1. The average Bonchev–Trinajstić information content (AvgIpc) is 2.67. The number of hydrogen-bond acceptors (Lipinski definition) is 4. The zero-order chi connectivity index (χ0) is 17.8. The Bertz CT molecular complexity index is 912. The molecule has 2 N–H and O–H groups in total. The quantitative estimate of drug-likeness (QED) is 0.821. The van der Waals surface area contributed by atoms with E-state index in [0.717, 1.165) is 29.6 Å². The van der Waals surface area contributed by atoms with Crippen LogP contribution >= 0.6 is 0 Å². The summed E-state index contributed by atoms with van der Waals surface area (Å²) in [6.07, 6.45) is 6.83. The van der Waals surface area contributed by atoms with E-state index in [0.29, 0.717) is 29.7 Å². The lowest BCUT2D eigenvalue weighted by molar-refractivity contribution is 0.495. The number of nitrogens with zero attached hydrogens (tertiary/aromatic N) is 3. The fourth-order valence-corrected chi connectivity index (χ4v) is 3.76. The molecule has 2 aliphatic rings. The summed E-state index contributed by atoms with van der Waals surface area (Å²) in [7, 11) is 0. The monoisotopic (exact) mass is 326 g/mol. The molecule has 2 unspecified atom stereocenters. The molecule has 4 nitrogen and oxygen atoms in total. The second kappa shape index (κ2) is 7.08. The first-order chi connectivity index (χ1) is 12.2. The summed E-state index contributed by atoms with van der Waals surface area (Å²) < 4.78 is 0. The molecule has 2 atom stereocenters. The second-order valence-corrected chi connectivity index (χ2v) is 6.40. The minimum Gasteiger partial charge on any atom is -0.398 e. The highest BCUT2D eigenvalue weighted by atomic mass is 14.6. The molecule has 25 heavy (non-hydrogen) atoms. The predicted molar refractivity (Wildman–Crippen MR) is 96.2 cm³/mol. The van der Waals surface area contributed by atoms with Crippen LogP contribution in [-0.4, -0.2) is 0 Å². The number of anilines is 1. The topological polar surface area (TPSA) is 97.4 Å². The van der Waals surface area contributed by atoms with Gasteiger partial charge in [0.2, 0.25) is 0 Å². The van der Waals surface area contributed by atoms with Gasteiger partial charge in [0, 0.05) is 22.7 Å². The molecule has 0 fully saturated rings. The van der Waals surface area contributed by atoms with E-state index in [1.165, 1.54) is 0 Å². The van der Waals surface area contributed by atoms with E-state index in [1.54, 1.807) is 0 Å². The van der Waals surface area contributed by atoms with Crippen molar-refractivity contribution in [2.75, 3.05) is 5.73 Å². The molecular formula is C21H18N4. The van der Waals surface area contributed by atoms with E-state index < -0.39 is 0 Å². The van der Waals surface area contributed by atoms with Crippen LogP contribution in [0.1, 0.15) is 31.2 Å².